The lowest BCUT2D eigenvalue weighted by Crippen LogP contribution is -2.48. The quantitative estimate of drug-likeness (QED) is 0.301. The molecule has 4 aromatic rings. The SMILES string of the molecule is O=C(c1cccc(CSc2ccc(-c3ccccc3)nn2)c1)N1CCN(c2ccccc2Cl)CC1. The van der Waals surface area contributed by atoms with E-state index in [1.807, 2.05) is 95.9 Å². The fourth-order valence-electron chi connectivity index (χ4n) is 4.15. The Balaban J connectivity index is 1.18. The van der Waals surface area contributed by atoms with Gasteiger partial charge in [-0.15, -0.1) is 10.2 Å². The molecule has 0 N–H and O–H groups in total. The Labute approximate surface area is 214 Å². The molecule has 0 atom stereocenters. The molecule has 5 nitrogen and oxygen atoms in total. The Morgan fingerprint density at radius 2 is 1.60 bits per heavy atom. The van der Waals surface area contributed by atoms with Gasteiger partial charge in [0, 0.05) is 43.1 Å². The maximum absolute atomic E-state index is 13.2. The molecular formula is C28H25ClN4OS. The third kappa shape index (κ3) is 5.66. The molecule has 3 aromatic carbocycles. The van der Waals surface area contributed by atoms with Crippen molar-refractivity contribution in [2.24, 2.45) is 0 Å². The number of rotatable bonds is 6. The second-order valence-corrected chi connectivity index (χ2v) is 9.75. The van der Waals surface area contributed by atoms with E-state index >= 15 is 0 Å². The molecule has 0 saturated carbocycles. The Kier molecular flexibility index (Phi) is 7.31. The van der Waals surface area contributed by atoms with Crippen LogP contribution in [0, 0.1) is 0 Å². The number of nitrogens with zero attached hydrogens (tertiary/aromatic N) is 4. The third-order valence-electron chi connectivity index (χ3n) is 6.03. The number of halogens is 1. The molecule has 1 amide bonds. The van der Waals surface area contributed by atoms with Gasteiger partial charge in [-0.05, 0) is 42.0 Å². The number of thioether (sulfide) groups is 1. The van der Waals surface area contributed by atoms with Gasteiger partial charge in [0.15, 0.2) is 0 Å². The molecule has 0 spiro atoms. The van der Waals surface area contributed by atoms with Crippen LogP contribution < -0.4 is 4.90 Å². The van der Waals surface area contributed by atoms with Crippen LogP contribution >= 0.6 is 23.4 Å². The molecule has 2 heterocycles. The summed E-state index contributed by atoms with van der Waals surface area (Å²) >= 11 is 7.96. The number of anilines is 1. The summed E-state index contributed by atoms with van der Waals surface area (Å²) in [5.41, 5.74) is 4.75. The van der Waals surface area contributed by atoms with E-state index in [0.29, 0.717) is 13.1 Å². The van der Waals surface area contributed by atoms with Gasteiger partial charge in [-0.2, -0.15) is 0 Å². The first kappa shape index (κ1) is 23.4. The number of aromatic nitrogens is 2. The molecule has 1 aliphatic heterocycles. The Morgan fingerprint density at radius 3 is 2.34 bits per heavy atom. The Bertz CT molecular complexity index is 1290. The summed E-state index contributed by atoms with van der Waals surface area (Å²) in [5, 5.41) is 10.3. The summed E-state index contributed by atoms with van der Waals surface area (Å²) in [6.07, 6.45) is 0. The van der Waals surface area contributed by atoms with E-state index in [2.05, 4.69) is 15.1 Å². The highest BCUT2D eigenvalue weighted by Crippen LogP contribution is 2.27. The van der Waals surface area contributed by atoms with Crippen molar-refractivity contribution < 1.29 is 4.79 Å². The van der Waals surface area contributed by atoms with Gasteiger partial charge in [-0.25, -0.2) is 0 Å². The summed E-state index contributed by atoms with van der Waals surface area (Å²) < 4.78 is 0. The van der Waals surface area contributed by atoms with E-state index in [-0.39, 0.29) is 5.91 Å². The number of para-hydroxylation sites is 1. The lowest BCUT2D eigenvalue weighted by Gasteiger charge is -2.36. The summed E-state index contributed by atoms with van der Waals surface area (Å²) in [6.45, 7) is 2.88. The number of carbonyl (C=O) groups excluding carboxylic acids is 1. The molecule has 0 bridgehead atoms. The molecule has 176 valence electrons. The molecule has 1 fully saturated rings. The predicted molar refractivity (Wildman–Crippen MR) is 143 cm³/mol. The van der Waals surface area contributed by atoms with Crippen LogP contribution in [0.1, 0.15) is 15.9 Å². The minimum Gasteiger partial charge on any atom is -0.367 e. The maximum atomic E-state index is 13.2. The van der Waals surface area contributed by atoms with E-state index in [1.165, 1.54) is 0 Å². The van der Waals surface area contributed by atoms with Crippen LogP contribution in [0.25, 0.3) is 11.3 Å². The molecule has 1 aromatic heterocycles. The van der Waals surface area contributed by atoms with Crippen molar-refractivity contribution in [3.63, 3.8) is 0 Å². The molecule has 0 unspecified atom stereocenters. The molecule has 1 saturated heterocycles. The number of hydrogen-bond donors (Lipinski definition) is 0. The fourth-order valence-corrected chi connectivity index (χ4v) is 5.16. The minimum atomic E-state index is 0.0719. The number of carbonyl (C=O) groups is 1. The second kappa shape index (κ2) is 10.9. The summed E-state index contributed by atoms with van der Waals surface area (Å²) in [7, 11) is 0. The zero-order valence-corrected chi connectivity index (χ0v) is 20.8. The number of benzene rings is 3. The first-order valence-electron chi connectivity index (χ1n) is 11.6. The highest BCUT2D eigenvalue weighted by molar-refractivity contribution is 7.98. The van der Waals surface area contributed by atoms with Crippen molar-refractivity contribution >= 4 is 35.0 Å². The number of piperazine rings is 1. The second-order valence-electron chi connectivity index (χ2n) is 8.34. The standard InChI is InChI=1S/C28H25ClN4OS/c29-24-11-4-5-12-26(24)32-15-17-33(18-16-32)28(34)23-10-6-7-21(19-23)20-35-27-14-13-25(30-31-27)22-8-2-1-3-9-22/h1-14,19H,15-18,20H2. The zero-order chi connectivity index (χ0) is 24.0. The van der Waals surface area contributed by atoms with Crippen molar-refractivity contribution in [1.82, 2.24) is 15.1 Å². The van der Waals surface area contributed by atoms with Crippen molar-refractivity contribution in [3.8, 4) is 11.3 Å². The Hall–Kier alpha value is -3.35. The van der Waals surface area contributed by atoms with E-state index in [4.69, 9.17) is 11.6 Å². The lowest BCUT2D eigenvalue weighted by molar-refractivity contribution is 0.0746. The van der Waals surface area contributed by atoms with Crippen LogP contribution in [0.15, 0.2) is 96.0 Å². The van der Waals surface area contributed by atoms with E-state index in [0.717, 1.165) is 57.0 Å². The first-order chi connectivity index (χ1) is 17.2. The van der Waals surface area contributed by atoms with Crippen LogP contribution in [-0.4, -0.2) is 47.2 Å². The van der Waals surface area contributed by atoms with Crippen molar-refractivity contribution in [2.75, 3.05) is 31.1 Å². The summed E-state index contributed by atoms with van der Waals surface area (Å²) in [5.74, 6) is 0.795. The average Bonchev–Trinajstić information content (AvgIpc) is 2.93. The molecule has 0 aliphatic carbocycles. The molecular weight excluding hydrogens is 476 g/mol. The van der Waals surface area contributed by atoms with Crippen LogP contribution in [0.3, 0.4) is 0 Å². The minimum absolute atomic E-state index is 0.0719. The van der Waals surface area contributed by atoms with Gasteiger partial charge in [0.25, 0.3) is 5.91 Å². The van der Waals surface area contributed by atoms with Gasteiger partial charge < -0.3 is 9.80 Å². The molecule has 5 rings (SSSR count). The number of amides is 1. The normalized spacial score (nSPS) is 13.6. The average molecular weight is 501 g/mol. The third-order valence-corrected chi connectivity index (χ3v) is 7.34. The highest BCUT2D eigenvalue weighted by Gasteiger charge is 2.23. The van der Waals surface area contributed by atoms with Crippen molar-refractivity contribution in [1.29, 1.82) is 0 Å². The summed E-state index contributed by atoms with van der Waals surface area (Å²) in [4.78, 5) is 17.3. The highest BCUT2D eigenvalue weighted by atomic mass is 35.5. The van der Waals surface area contributed by atoms with Gasteiger partial charge in [0.05, 0.1) is 16.4 Å². The number of hydrogen-bond acceptors (Lipinski definition) is 5. The van der Waals surface area contributed by atoms with Gasteiger partial charge in [-0.3, -0.25) is 4.79 Å². The predicted octanol–water partition coefficient (Wildman–Crippen LogP) is 6.05. The monoisotopic (exact) mass is 500 g/mol. The molecule has 0 radical (unpaired) electrons. The van der Waals surface area contributed by atoms with Crippen LogP contribution in [0.4, 0.5) is 5.69 Å². The first-order valence-corrected chi connectivity index (χ1v) is 12.9. The molecule has 35 heavy (non-hydrogen) atoms. The van der Waals surface area contributed by atoms with Crippen LogP contribution in [-0.2, 0) is 5.75 Å². The van der Waals surface area contributed by atoms with Gasteiger partial charge in [-0.1, -0.05) is 78.0 Å². The zero-order valence-electron chi connectivity index (χ0n) is 19.2. The van der Waals surface area contributed by atoms with Gasteiger partial charge >= 0.3 is 0 Å². The van der Waals surface area contributed by atoms with Crippen LogP contribution in [0.5, 0.6) is 0 Å². The van der Waals surface area contributed by atoms with E-state index < -0.39 is 0 Å². The lowest BCUT2D eigenvalue weighted by atomic mass is 10.1. The van der Waals surface area contributed by atoms with E-state index in [1.54, 1.807) is 11.8 Å². The van der Waals surface area contributed by atoms with Crippen LogP contribution in [0.2, 0.25) is 5.02 Å². The van der Waals surface area contributed by atoms with Gasteiger partial charge in [0.1, 0.15) is 5.03 Å². The largest absolute Gasteiger partial charge is 0.367 e. The maximum Gasteiger partial charge on any atom is 0.253 e. The smallest absolute Gasteiger partial charge is 0.253 e. The van der Waals surface area contributed by atoms with E-state index in [9.17, 15) is 4.79 Å². The topological polar surface area (TPSA) is 49.3 Å². The Morgan fingerprint density at radius 1 is 0.829 bits per heavy atom. The van der Waals surface area contributed by atoms with Crippen molar-refractivity contribution in [2.45, 2.75) is 10.8 Å². The molecule has 7 heteroatoms. The van der Waals surface area contributed by atoms with Gasteiger partial charge in [0.2, 0.25) is 0 Å². The fraction of sp³-hybridized carbons (Fsp3) is 0.179. The molecule has 1 aliphatic rings. The summed E-state index contributed by atoms with van der Waals surface area (Å²) in [6, 6.07) is 29.7. The van der Waals surface area contributed by atoms with Crippen molar-refractivity contribution in [3.05, 3.63) is 107 Å².